The third-order valence-electron chi connectivity index (χ3n) is 3.00. The molecule has 0 atom stereocenters. The van der Waals surface area contributed by atoms with Crippen LogP contribution in [0.4, 0.5) is 13.2 Å². The second kappa shape index (κ2) is 5.03. The molecule has 7 heteroatoms. The average molecular weight is 376 g/mol. The van der Waals surface area contributed by atoms with Crippen LogP contribution in [0.3, 0.4) is 0 Å². The molecule has 0 aliphatic rings. The summed E-state index contributed by atoms with van der Waals surface area (Å²) < 4.78 is 40.6. The van der Waals surface area contributed by atoms with Gasteiger partial charge in [-0.15, -0.1) is 0 Å². The molecule has 0 fully saturated rings. The fourth-order valence-electron chi connectivity index (χ4n) is 2.07. The summed E-state index contributed by atoms with van der Waals surface area (Å²) in [5, 5.41) is -0.00798. The molecule has 2 nitrogen and oxygen atoms in total. The Morgan fingerprint density at radius 3 is 2.43 bits per heavy atom. The van der Waals surface area contributed by atoms with Crippen LogP contribution in [0.15, 0.2) is 47.2 Å². The van der Waals surface area contributed by atoms with Crippen molar-refractivity contribution in [1.29, 1.82) is 0 Å². The molecule has 0 saturated carbocycles. The predicted molar refractivity (Wildman–Crippen MR) is 78.3 cm³/mol. The van der Waals surface area contributed by atoms with Crippen LogP contribution in [-0.2, 0) is 6.18 Å². The van der Waals surface area contributed by atoms with Gasteiger partial charge in [-0.2, -0.15) is 13.2 Å². The monoisotopic (exact) mass is 374 g/mol. The fourth-order valence-corrected chi connectivity index (χ4v) is 3.06. The van der Waals surface area contributed by atoms with Gasteiger partial charge in [-0.1, -0.05) is 41.9 Å². The van der Waals surface area contributed by atoms with Gasteiger partial charge in [0.1, 0.15) is 10.4 Å². The maximum atomic E-state index is 12.9. The molecule has 0 saturated heterocycles. The van der Waals surface area contributed by atoms with Crippen molar-refractivity contribution in [2.24, 2.45) is 0 Å². The molecule has 0 N–H and O–H groups in total. The molecule has 2 aromatic heterocycles. The lowest BCUT2D eigenvalue weighted by Gasteiger charge is -2.10. The van der Waals surface area contributed by atoms with Gasteiger partial charge in [-0.3, -0.25) is 4.40 Å². The third kappa shape index (κ3) is 2.53. The Labute approximate surface area is 131 Å². The van der Waals surface area contributed by atoms with Crippen molar-refractivity contribution in [2.75, 3.05) is 0 Å². The largest absolute Gasteiger partial charge is 0.417 e. The summed E-state index contributed by atoms with van der Waals surface area (Å²) in [6.45, 7) is 0. The Bertz CT molecular complexity index is 812. The molecule has 21 heavy (non-hydrogen) atoms. The number of aromatic nitrogens is 2. The van der Waals surface area contributed by atoms with Crippen LogP contribution in [-0.4, -0.2) is 9.38 Å². The molecule has 0 aliphatic carbocycles. The molecule has 1 aromatic carbocycles. The van der Waals surface area contributed by atoms with Crippen molar-refractivity contribution in [3.8, 4) is 11.4 Å². The number of pyridine rings is 1. The lowest BCUT2D eigenvalue weighted by Crippen LogP contribution is -2.07. The second-order valence-corrected chi connectivity index (χ2v) is 5.54. The molecule has 3 rings (SSSR count). The summed E-state index contributed by atoms with van der Waals surface area (Å²) in [6.07, 6.45) is -3.47. The van der Waals surface area contributed by atoms with Gasteiger partial charge in [0, 0.05) is 11.8 Å². The Morgan fingerprint density at radius 2 is 1.81 bits per heavy atom. The summed E-state index contributed by atoms with van der Waals surface area (Å²) in [7, 11) is 0. The Kier molecular flexibility index (Phi) is 3.45. The van der Waals surface area contributed by atoms with E-state index in [1.807, 2.05) is 6.07 Å². The molecule has 0 radical (unpaired) electrons. The number of fused-ring (bicyclic) bond motifs is 1. The first kappa shape index (κ1) is 14.4. The maximum Gasteiger partial charge on any atom is 0.417 e. The number of hydrogen-bond donors (Lipinski definition) is 0. The molecule has 0 amide bonds. The number of halogens is 5. The van der Waals surface area contributed by atoms with E-state index in [-0.39, 0.29) is 5.02 Å². The molecule has 0 unspecified atom stereocenters. The topological polar surface area (TPSA) is 17.3 Å². The van der Waals surface area contributed by atoms with Crippen molar-refractivity contribution in [2.45, 2.75) is 6.18 Å². The zero-order valence-corrected chi connectivity index (χ0v) is 12.7. The second-order valence-electron chi connectivity index (χ2n) is 4.39. The van der Waals surface area contributed by atoms with E-state index in [1.54, 1.807) is 24.3 Å². The number of benzene rings is 1. The van der Waals surface area contributed by atoms with Gasteiger partial charge in [-0.25, -0.2) is 4.98 Å². The minimum Gasteiger partial charge on any atom is -0.297 e. The number of hydrogen-bond acceptors (Lipinski definition) is 1. The maximum absolute atomic E-state index is 12.9. The van der Waals surface area contributed by atoms with E-state index in [4.69, 9.17) is 11.6 Å². The molecule has 2 heterocycles. The third-order valence-corrected chi connectivity index (χ3v) is 3.85. The molecule has 0 bridgehead atoms. The van der Waals surface area contributed by atoms with Gasteiger partial charge in [0.25, 0.3) is 0 Å². The molecular weight excluding hydrogens is 369 g/mol. The van der Waals surface area contributed by atoms with Crippen LogP contribution in [0.1, 0.15) is 5.56 Å². The minimum absolute atomic E-state index is 0.00798. The van der Waals surface area contributed by atoms with Crippen LogP contribution in [0.5, 0.6) is 0 Å². The highest BCUT2D eigenvalue weighted by molar-refractivity contribution is 9.10. The fraction of sp³-hybridized carbons (Fsp3) is 0.0714. The number of nitrogens with zero attached hydrogens (tertiary/aromatic N) is 2. The predicted octanol–water partition coefficient (Wildman–Crippen LogP) is 5.44. The number of alkyl halides is 3. The highest BCUT2D eigenvalue weighted by atomic mass is 79.9. The van der Waals surface area contributed by atoms with Crippen molar-refractivity contribution >= 4 is 33.0 Å². The lowest BCUT2D eigenvalue weighted by atomic mass is 10.2. The van der Waals surface area contributed by atoms with Crippen molar-refractivity contribution in [3.05, 3.63) is 57.8 Å². The Hall–Kier alpha value is -1.53. The number of rotatable bonds is 1. The van der Waals surface area contributed by atoms with Crippen LogP contribution in [0.2, 0.25) is 5.02 Å². The Balaban J connectivity index is 2.35. The summed E-state index contributed by atoms with van der Waals surface area (Å²) in [4.78, 5) is 4.27. The Morgan fingerprint density at radius 1 is 1.14 bits per heavy atom. The quantitative estimate of drug-likeness (QED) is 0.554. The van der Waals surface area contributed by atoms with Gasteiger partial charge in [-0.05, 0) is 22.0 Å². The van der Waals surface area contributed by atoms with Gasteiger partial charge in [0.15, 0.2) is 0 Å². The highest BCUT2D eigenvalue weighted by Gasteiger charge is 2.32. The van der Waals surface area contributed by atoms with Crippen molar-refractivity contribution in [1.82, 2.24) is 9.38 Å². The molecule has 0 aliphatic heterocycles. The first-order valence-corrected chi connectivity index (χ1v) is 7.05. The van der Waals surface area contributed by atoms with Crippen molar-refractivity contribution in [3.63, 3.8) is 0 Å². The van der Waals surface area contributed by atoms with E-state index in [1.165, 1.54) is 4.40 Å². The standard InChI is InChI=1S/C14H7BrClF3N2/c15-12-11-10(16)6-9(14(17,18)19)7-21(11)13(20-12)8-4-2-1-3-5-8/h1-7H. The van der Waals surface area contributed by atoms with Gasteiger partial charge >= 0.3 is 6.18 Å². The van der Waals surface area contributed by atoms with Gasteiger partial charge in [0.2, 0.25) is 0 Å². The van der Waals surface area contributed by atoms with Crippen LogP contribution in [0.25, 0.3) is 16.9 Å². The van der Waals surface area contributed by atoms with E-state index in [0.29, 0.717) is 21.5 Å². The van der Waals surface area contributed by atoms with Crippen LogP contribution in [0, 0.1) is 0 Å². The van der Waals surface area contributed by atoms with E-state index in [0.717, 1.165) is 12.3 Å². The summed E-state index contributed by atoms with van der Waals surface area (Å²) >= 11 is 9.23. The molecule has 108 valence electrons. The van der Waals surface area contributed by atoms with E-state index >= 15 is 0 Å². The van der Waals surface area contributed by atoms with E-state index in [2.05, 4.69) is 20.9 Å². The van der Waals surface area contributed by atoms with Crippen LogP contribution < -0.4 is 0 Å². The first-order valence-electron chi connectivity index (χ1n) is 5.87. The minimum atomic E-state index is -4.47. The normalized spacial score (nSPS) is 12.0. The van der Waals surface area contributed by atoms with Gasteiger partial charge in [0.05, 0.1) is 16.1 Å². The smallest absolute Gasteiger partial charge is 0.297 e. The molecular formula is C14H7BrClF3N2. The molecule has 0 spiro atoms. The van der Waals surface area contributed by atoms with E-state index in [9.17, 15) is 13.2 Å². The summed E-state index contributed by atoms with van der Waals surface area (Å²) in [6, 6.07) is 9.85. The zero-order valence-electron chi connectivity index (χ0n) is 10.3. The zero-order chi connectivity index (χ0) is 15.2. The summed E-state index contributed by atoms with van der Waals surface area (Å²) in [5.41, 5.74) is 0.291. The van der Waals surface area contributed by atoms with E-state index < -0.39 is 11.7 Å². The molecule has 3 aromatic rings. The van der Waals surface area contributed by atoms with Crippen LogP contribution >= 0.6 is 27.5 Å². The highest BCUT2D eigenvalue weighted by Crippen LogP contribution is 2.36. The SMILES string of the molecule is FC(F)(F)c1cc(Cl)c2c(Br)nc(-c3ccccc3)n2c1. The summed E-state index contributed by atoms with van der Waals surface area (Å²) in [5.74, 6) is 0.394. The lowest BCUT2D eigenvalue weighted by molar-refractivity contribution is -0.137. The van der Waals surface area contributed by atoms with Crippen molar-refractivity contribution < 1.29 is 13.2 Å². The van der Waals surface area contributed by atoms with Gasteiger partial charge < -0.3 is 0 Å². The first-order chi connectivity index (χ1) is 9.88. The average Bonchev–Trinajstić information content (AvgIpc) is 2.76. The number of imidazole rings is 1.